The van der Waals surface area contributed by atoms with Crippen LogP contribution in [0.3, 0.4) is 0 Å². The quantitative estimate of drug-likeness (QED) is 0.553. The third-order valence-corrected chi connectivity index (χ3v) is 2.91. The van der Waals surface area contributed by atoms with Crippen molar-refractivity contribution in [2.75, 3.05) is 0 Å². The third kappa shape index (κ3) is 5.80. The van der Waals surface area contributed by atoms with Crippen molar-refractivity contribution >= 4 is 0 Å². The summed E-state index contributed by atoms with van der Waals surface area (Å²) < 4.78 is 0. The van der Waals surface area contributed by atoms with E-state index in [1.54, 1.807) is 0 Å². The Balaban J connectivity index is 3.81. The van der Waals surface area contributed by atoms with Crippen LogP contribution in [0.15, 0.2) is 12.2 Å². The van der Waals surface area contributed by atoms with Gasteiger partial charge in [-0.3, -0.25) is 0 Å². The predicted molar refractivity (Wildman–Crippen MR) is 61.8 cm³/mol. The fourth-order valence-electron chi connectivity index (χ4n) is 1.44. The molecule has 0 amide bonds. The topological polar surface area (TPSA) is 23.8 Å². The Hall–Kier alpha value is -0.770. The SMILES string of the molecule is C=C(CC)CCC(C#N)CC(C)CC. The zero-order valence-corrected chi connectivity index (χ0v) is 9.84. The van der Waals surface area contributed by atoms with E-state index in [-0.39, 0.29) is 5.92 Å². The van der Waals surface area contributed by atoms with Gasteiger partial charge in [0.15, 0.2) is 0 Å². The highest BCUT2D eigenvalue weighted by Gasteiger charge is 2.11. The zero-order valence-electron chi connectivity index (χ0n) is 9.84. The van der Waals surface area contributed by atoms with E-state index in [0.717, 1.165) is 25.7 Å². The number of hydrogen-bond donors (Lipinski definition) is 0. The molecule has 0 saturated heterocycles. The van der Waals surface area contributed by atoms with Crippen molar-refractivity contribution in [3.63, 3.8) is 0 Å². The molecule has 0 fully saturated rings. The highest BCUT2D eigenvalue weighted by Crippen LogP contribution is 2.21. The summed E-state index contributed by atoms with van der Waals surface area (Å²) in [6.45, 7) is 10.5. The summed E-state index contributed by atoms with van der Waals surface area (Å²) in [5.74, 6) is 0.905. The molecule has 2 unspecified atom stereocenters. The summed E-state index contributed by atoms with van der Waals surface area (Å²) in [5.41, 5.74) is 1.27. The molecule has 0 N–H and O–H groups in total. The van der Waals surface area contributed by atoms with Gasteiger partial charge >= 0.3 is 0 Å². The lowest BCUT2D eigenvalue weighted by atomic mass is 9.90. The first kappa shape index (κ1) is 13.2. The van der Waals surface area contributed by atoms with Crippen LogP contribution in [0, 0.1) is 23.2 Å². The second-order valence-electron chi connectivity index (χ2n) is 4.22. The second kappa shape index (κ2) is 7.62. The number of nitrogens with zero attached hydrogens (tertiary/aromatic N) is 1. The zero-order chi connectivity index (χ0) is 11.0. The average molecular weight is 193 g/mol. The van der Waals surface area contributed by atoms with Crippen molar-refractivity contribution in [2.45, 2.75) is 52.9 Å². The summed E-state index contributed by atoms with van der Waals surface area (Å²) in [6, 6.07) is 2.41. The first-order valence-corrected chi connectivity index (χ1v) is 5.70. The van der Waals surface area contributed by atoms with Gasteiger partial charge in [0.25, 0.3) is 0 Å². The maximum absolute atomic E-state index is 8.98. The standard InChI is InChI=1S/C13H23N/c1-5-11(3)7-8-13(10-14)9-12(4)6-2/h12-13H,3,5-9H2,1-2,4H3. The van der Waals surface area contributed by atoms with Crippen LogP contribution in [0.5, 0.6) is 0 Å². The number of nitriles is 1. The van der Waals surface area contributed by atoms with Gasteiger partial charge in [0.05, 0.1) is 6.07 Å². The van der Waals surface area contributed by atoms with E-state index in [9.17, 15) is 0 Å². The molecule has 0 aromatic rings. The first-order valence-electron chi connectivity index (χ1n) is 5.70. The van der Waals surface area contributed by atoms with Gasteiger partial charge in [0, 0.05) is 5.92 Å². The summed E-state index contributed by atoms with van der Waals surface area (Å²) >= 11 is 0. The van der Waals surface area contributed by atoms with Crippen LogP contribution >= 0.6 is 0 Å². The fraction of sp³-hybridized carbons (Fsp3) is 0.769. The van der Waals surface area contributed by atoms with E-state index in [2.05, 4.69) is 33.4 Å². The van der Waals surface area contributed by atoms with Crippen molar-refractivity contribution < 1.29 is 0 Å². The second-order valence-corrected chi connectivity index (χ2v) is 4.22. The van der Waals surface area contributed by atoms with Gasteiger partial charge in [-0.2, -0.15) is 5.26 Å². The molecule has 0 bridgehead atoms. The fourth-order valence-corrected chi connectivity index (χ4v) is 1.44. The Morgan fingerprint density at radius 2 is 2.07 bits per heavy atom. The molecule has 0 aliphatic rings. The Labute approximate surface area is 88.8 Å². The average Bonchev–Trinajstić information content (AvgIpc) is 2.22. The maximum atomic E-state index is 8.98. The van der Waals surface area contributed by atoms with E-state index in [0.29, 0.717) is 5.92 Å². The molecule has 14 heavy (non-hydrogen) atoms. The van der Waals surface area contributed by atoms with Crippen LogP contribution in [0.25, 0.3) is 0 Å². The van der Waals surface area contributed by atoms with Crippen molar-refractivity contribution in [3.05, 3.63) is 12.2 Å². The molecular formula is C13H23N. The molecule has 1 heteroatoms. The lowest BCUT2D eigenvalue weighted by Gasteiger charge is -2.13. The van der Waals surface area contributed by atoms with Crippen molar-refractivity contribution in [1.82, 2.24) is 0 Å². The van der Waals surface area contributed by atoms with E-state index in [1.807, 2.05) is 0 Å². The highest BCUT2D eigenvalue weighted by molar-refractivity contribution is 4.95. The Bertz CT molecular complexity index is 200. The van der Waals surface area contributed by atoms with E-state index in [4.69, 9.17) is 5.26 Å². The molecule has 2 atom stereocenters. The van der Waals surface area contributed by atoms with Crippen LogP contribution in [0.4, 0.5) is 0 Å². The van der Waals surface area contributed by atoms with Crippen molar-refractivity contribution in [1.29, 1.82) is 5.26 Å². The van der Waals surface area contributed by atoms with Gasteiger partial charge in [-0.05, 0) is 31.6 Å². The molecule has 1 nitrogen and oxygen atoms in total. The van der Waals surface area contributed by atoms with Gasteiger partial charge in [0.1, 0.15) is 0 Å². The Kier molecular flexibility index (Phi) is 7.20. The van der Waals surface area contributed by atoms with E-state index in [1.165, 1.54) is 12.0 Å². The normalized spacial score (nSPS) is 14.4. The minimum Gasteiger partial charge on any atom is -0.198 e. The molecule has 0 heterocycles. The molecule has 0 aromatic carbocycles. The monoisotopic (exact) mass is 193 g/mol. The van der Waals surface area contributed by atoms with Gasteiger partial charge in [-0.1, -0.05) is 39.3 Å². The van der Waals surface area contributed by atoms with Gasteiger partial charge < -0.3 is 0 Å². The van der Waals surface area contributed by atoms with E-state index >= 15 is 0 Å². The lowest BCUT2D eigenvalue weighted by Crippen LogP contribution is -2.04. The molecule has 0 radical (unpaired) electrons. The van der Waals surface area contributed by atoms with E-state index < -0.39 is 0 Å². The summed E-state index contributed by atoms with van der Waals surface area (Å²) in [7, 11) is 0. The van der Waals surface area contributed by atoms with Crippen LogP contribution in [-0.2, 0) is 0 Å². The molecule has 0 saturated carbocycles. The number of rotatable bonds is 7. The Morgan fingerprint density at radius 1 is 1.43 bits per heavy atom. The van der Waals surface area contributed by atoms with Gasteiger partial charge in [-0.25, -0.2) is 0 Å². The van der Waals surface area contributed by atoms with Gasteiger partial charge in [-0.15, -0.1) is 0 Å². The molecule has 0 spiro atoms. The molecule has 0 rings (SSSR count). The highest BCUT2D eigenvalue weighted by atomic mass is 14.3. The van der Waals surface area contributed by atoms with Crippen molar-refractivity contribution in [2.24, 2.45) is 11.8 Å². The summed E-state index contributed by atoms with van der Waals surface area (Å²) in [4.78, 5) is 0. The van der Waals surface area contributed by atoms with Crippen LogP contribution in [0.1, 0.15) is 52.9 Å². The van der Waals surface area contributed by atoms with Crippen LogP contribution in [0.2, 0.25) is 0 Å². The largest absolute Gasteiger partial charge is 0.198 e. The molecule has 0 aromatic heterocycles. The number of hydrogen-bond acceptors (Lipinski definition) is 1. The first-order chi connectivity index (χ1) is 6.63. The predicted octanol–water partition coefficient (Wildman–Crippen LogP) is 4.31. The number of allylic oxidation sites excluding steroid dienone is 1. The van der Waals surface area contributed by atoms with Crippen molar-refractivity contribution in [3.8, 4) is 6.07 Å². The smallest absolute Gasteiger partial charge is 0.0656 e. The summed E-state index contributed by atoms with van der Waals surface area (Å²) in [5, 5.41) is 8.98. The molecule has 0 aliphatic carbocycles. The molecule has 0 aliphatic heterocycles. The molecule has 80 valence electrons. The minimum absolute atomic E-state index is 0.230. The Morgan fingerprint density at radius 3 is 2.50 bits per heavy atom. The van der Waals surface area contributed by atoms with Crippen LogP contribution in [-0.4, -0.2) is 0 Å². The third-order valence-electron chi connectivity index (χ3n) is 2.91. The van der Waals surface area contributed by atoms with Crippen LogP contribution < -0.4 is 0 Å². The van der Waals surface area contributed by atoms with Gasteiger partial charge in [0.2, 0.25) is 0 Å². The molecular weight excluding hydrogens is 170 g/mol. The maximum Gasteiger partial charge on any atom is 0.0656 e. The minimum atomic E-state index is 0.230. The lowest BCUT2D eigenvalue weighted by molar-refractivity contribution is 0.423. The summed E-state index contributed by atoms with van der Waals surface area (Å²) in [6.07, 6.45) is 5.27.